The highest BCUT2D eigenvalue weighted by atomic mass is 32.2. The quantitative estimate of drug-likeness (QED) is 0.678. The summed E-state index contributed by atoms with van der Waals surface area (Å²) < 4.78 is 0. The van der Waals surface area contributed by atoms with E-state index in [0.29, 0.717) is 18.1 Å². The van der Waals surface area contributed by atoms with Crippen molar-refractivity contribution in [1.82, 2.24) is 4.90 Å². The van der Waals surface area contributed by atoms with Crippen molar-refractivity contribution >= 4 is 23.6 Å². The molecule has 1 aliphatic heterocycles. The molecule has 0 saturated carbocycles. The van der Waals surface area contributed by atoms with Crippen LogP contribution in [0.25, 0.3) is 0 Å². The van der Waals surface area contributed by atoms with Crippen LogP contribution in [-0.4, -0.2) is 40.8 Å². The first-order valence-electron chi connectivity index (χ1n) is 4.69. The maximum Gasteiger partial charge on any atom is 0.239 e. The van der Waals surface area contributed by atoms with Gasteiger partial charge >= 0.3 is 0 Å². The molecule has 1 atom stereocenters. The number of amides is 2. The molecule has 4 nitrogen and oxygen atoms in total. The second-order valence-electron chi connectivity index (χ2n) is 3.80. The smallest absolute Gasteiger partial charge is 0.239 e. The van der Waals surface area contributed by atoms with Gasteiger partial charge in [-0.25, -0.2) is 0 Å². The Balaban J connectivity index is 2.56. The molecule has 0 aliphatic carbocycles. The molecule has 1 unspecified atom stereocenters. The van der Waals surface area contributed by atoms with E-state index in [-0.39, 0.29) is 23.8 Å². The number of hydrogen-bond donors (Lipinski definition) is 1. The normalized spacial score (nSPS) is 20.4. The van der Waals surface area contributed by atoms with Gasteiger partial charge in [-0.05, 0) is 5.92 Å². The predicted octanol–water partition coefficient (Wildman–Crippen LogP) is 0.0717. The zero-order chi connectivity index (χ0) is 10.7. The van der Waals surface area contributed by atoms with Gasteiger partial charge < -0.3 is 5.73 Å². The van der Waals surface area contributed by atoms with Crippen molar-refractivity contribution in [1.29, 1.82) is 0 Å². The molecule has 1 fully saturated rings. The minimum absolute atomic E-state index is 0.109. The summed E-state index contributed by atoms with van der Waals surface area (Å²) in [6.45, 7) is 4.33. The first kappa shape index (κ1) is 11.5. The Bertz CT molecular complexity index is 227. The van der Waals surface area contributed by atoms with E-state index in [4.69, 9.17) is 5.73 Å². The number of hydrogen-bond acceptors (Lipinski definition) is 4. The molecule has 0 bridgehead atoms. The number of carbonyl (C=O) groups is 2. The van der Waals surface area contributed by atoms with Gasteiger partial charge in [0.25, 0.3) is 0 Å². The first-order valence-corrected chi connectivity index (χ1v) is 5.84. The van der Waals surface area contributed by atoms with Crippen molar-refractivity contribution < 1.29 is 9.59 Å². The van der Waals surface area contributed by atoms with Crippen LogP contribution in [0.15, 0.2) is 0 Å². The molecule has 0 radical (unpaired) electrons. The fourth-order valence-corrected chi connectivity index (χ4v) is 1.91. The third-order valence-corrected chi connectivity index (χ3v) is 3.21. The van der Waals surface area contributed by atoms with Gasteiger partial charge in [0, 0.05) is 12.6 Å². The van der Waals surface area contributed by atoms with Gasteiger partial charge in [0.2, 0.25) is 11.8 Å². The van der Waals surface area contributed by atoms with Crippen LogP contribution in [-0.2, 0) is 9.59 Å². The fourth-order valence-electron chi connectivity index (χ4n) is 1.15. The molecule has 1 rings (SSSR count). The molecule has 80 valence electrons. The molecule has 2 amide bonds. The number of imide groups is 1. The van der Waals surface area contributed by atoms with Gasteiger partial charge in [-0.2, -0.15) is 0 Å². The summed E-state index contributed by atoms with van der Waals surface area (Å²) in [4.78, 5) is 24.1. The Kier molecular flexibility index (Phi) is 3.95. The van der Waals surface area contributed by atoms with E-state index in [1.807, 2.05) is 13.8 Å². The molecule has 2 N–H and O–H groups in total. The van der Waals surface area contributed by atoms with Crippen LogP contribution in [0.1, 0.15) is 13.8 Å². The Labute approximate surface area is 88.2 Å². The maximum atomic E-state index is 11.4. The van der Waals surface area contributed by atoms with Gasteiger partial charge in [0.05, 0.1) is 11.5 Å². The number of nitrogens with zero attached hydrogens (tertiary/aromatic N) is 1. The van der Waals surface area contributed by atoms with Crippen molar-refractivity contribution in [2.75, 3.05) is 18.1 Å². The van der Waals surface area contributed by atoms with Crippen LogP contribution in [0.2, 0.25) is 0 Å². The van der Waals surface area contributed by atoms with Gasteiger partial charge in [-0.3, -0.25) is 14.5 Å². The SMILES string of the molecule is CC(C)C(N)CN1C(=O)CSCC1=O. The van der Waals surface area contributed by atoms with E-state index in [9.17, 15) is 9.59 Å². The Hall–Kier alpha value is -0.550. The minimum atomic E-state index is -0.119. The van der Waals surface area contributed by atoms with Gasteiger partial charge in [0.1, 0.15) is 0 Å². The molecule has 1 aliphatic rings. The lowest BCUT2D eigenvalue weighted by Crippen LogP contribution is -2.50. The van der Waals surface area contributed by atoms with Gasteiger partial charge in [0.15, 0.2) is 0 Å². The lowest BCUT2D eigenvalue weighted by Gasteiger charge is -2.28. The highest BCUT2D eigenvalue weighted by Crippen LogP contribution is 2.13. The molecular weight excluding hydrogens is 200 g/mol. The van der Waals surface area contributed by atoms with E-state index >= 15 is 0 Å². The van der Waals surface area contributed by atoms with Gasteiger partial charge in [-0.15, -0.1) is 11.8 Å². The third kappa shape index (κ3) is 2.72. The zero-order valence-electron chi connectivity index (χ0n) is 8.53. The van der Waals surface area contributed by atoms with Crippen LogP contribution in [0.3, 0.4) is 0 Å². The topological polar surface area (TPSA) is 63.4 Å². The molecule has 0 aromatic heterocycles. The third-order valence-electron chi connectivity index (χ3n) is 2.30. The van der Waals surface area contributed by atoms with Crippen LogP contribution in [0.5, 0.6) is 0 Å². The summed E-state index contributed by atoms with van der Waals surface area (Å²) in [5.74, 6) is 0.863. The average Bonchev–Trinajstić information content (AvgIpc) is 2.11. The summed E-state index contributed by atoms with van der Waals surface area (Å²) >= 11 is 1.37. The van der Waals surface area contributed by atoms with Crippen molar-refractivity contribution in [3.8, 4) is 0 Å². The summed E-state index contributed by atoms with van der Waals surface area (Å²) in [5, 5.41) is 0. The molecular formula is C9H16N2O2S. The summed E-state index contributed by atoms with van der Waals surface area (Å²) in [6, 6.07) is -0.119. The molecule has 0 aromatic rings. The highest BCUT2D eigenvalue weighted by Gasteiger charge is 2.28. The second kappa shape index (κ2) is 4.79. The summed E-state index contributed by atoms with van der Waals surface area (Å²) in [6.07, 6.45) is 0. The van der Waals surface area contributed by atoms with E-state index in [2.05, 4.69) is 0 Å². The van der Waals surface area contributed by atoms with E-state index in [1.165, 1.54) is 16.7 Å². The molecule has 0 spiro atoms. The van der Waals surface area contributed by atoms with E-state index < -0.39 is 0 Å². The average molecular weight is 216 g/mol. The predicted molar refractivity (Wildman–Crippen MR) is 56.9 cm³/mol. The summed E-state index contributed by atoms with van der Waals surface area (Å²) in [7, 11) is 0. The number of nitrogens with two attached hydrogens (primary N) is 1. The van der Waals surface area contributed by atoms with Crippen molar-refractivity contribution in [3.05, 3.63) is 0 Å². The Morgan fingerprint density at radius 1 is 1.36 bits per heavy atom. The maximum absolute atomic E-state index is 11.4. The largest absolute Gasteiger partial charge is 0.326 e. The van der Waals surface area contributed by atoms with Gasteiger partial charge in [-0.1, -0.05) is 13.8 Å². The lowest BCUT2D eigenvalue weighted by atomic mass is 10.1. The lowest BCUT2D eigenvalue weighted by molar-refractivity contribution is -0.142. The molecule has 1 heterocycles. The van der Waals surface area contributed by atoms with E-state index in [1.54, 1.807) is 0 Å². The van der Waals surface area contributed by atoms with E-state index in [0.717, 1.165) is 0 Å². The fraction of sp³-hybridized carbons (Fsp3) is 0.778. The number of thioether (sulfide) groups is 1. The minimum Gasteiger partial charge on any atom is -0.326 e. The molecule has 1 saturated heterocycles. The molecule has 0 aromatic carbocycles. The first-order chi connectivity index (χ1) is 6.52. The molecule has 14 heavy (non-hydrogen) atoms. The standard InChI is InChI=1S/C9H16N2O2S/c1-6(2)7(10)3-11-8(12)4-14-5-9(11)13/h6-7H,3-5,10H2,1-2H3. The van der Waals surface area contributed by atoms with Crippen molar-refractivity contribution in [2.45, 2.75) is 19.9 Å². The highest BCUT2D eigenvalue weighted by molar-refractivity contribution is 8.00. The van der Waals surface area contributed by atoms with Crippen LogP contribution in [0.4, 0.5) is 0 Å². The Morgan fingerprint density at radius 3 is 2.29 bits per heavy atom. The van der Waals surface area contributed by atoms with Crippen LogP contribution >= 0.6 is 11.8 Å². The second-order valence-corrected chi connectivity index (χ2v) is 4.78. The monoisotopic (exact) mass is 216 g/mol. The number of carbonyl (C=O) groups excluding carboxylic acids is 2. The molecule has 5 heteroatoms. The van der Waals surface area contributed by atoms with Crippen molar-refractivity contribution in [2.24, 2.45) is 11.7 Å². The van der Waals surface area contributed by atoms with Crippen LogP contribution in [0, 0.1) is 5.92 Å². The summed E-state index contributed by atoms with van der Waals surface area (Å²) in [5.41, 5.74) is 5.82. The van der Waals surface area contributed by atoms with Crippen LogP contribution < -0.4 is 5.73 Å². The zero-order valence-corrected chi connectivity index (χ0v) is 9.34. The number of rotatable bonds is 3. The Morgan fingerprint density at radius 2 is 1.86 bits per heavy atom. The van der Waals surface area contributed by atoms with Crippen molar-refractivity contribution in [3.63, 3.8) is 0 Å².